The van der Waals surface area contributed by atoms with Gasteiger partial charge in [0.15, 0.2) is 0 Å². The molecule has 4 nitrogen and oxygen atoms in total. The number of sulfonamides is 1. The molecule has 0 aliphatic carbocycles. The van der Waals surface area contributed by atoms with Crippen molar-refractivity contribution in [1.82, 2.24) is 0 Å². The van der Waals surface area contributed by atoms with Crippen molar-refractivity contribution >= 4 is 21.6 Å². The molecule has 0 fully saturated rings. The summed E-state index contributed by atoms with van der Waals surface area (Å²) in [4.78, 5) is 0. The van der Waals surface area contributed by atoms with Crippen LogP contribution in [0, 0.1) is 0 Å². The van der Waals surface area contributed by atoms with Crippen LogP contribution in [0.5, 0.6) is 5.75 Å². The van der Waals surface area contributed by atoms with Gasteiger partial charge in [0.25, 0.3) is 0 Å². The molecule has 1 aromatic carbocycles. The molecule has 1 rings (SSSR count). The molecule has 0 heterocycles. The van der Waals surface area contributed by atoms with Gasteiger partial charge in [0, 0.05) is 5.56 Å². The molecule has 0 spiro atoms. The van der Waals surface area contributed by atoms with Crippen molar-refractivity contribution in [1.29, 1.82) is 0 Å². The monoisotopic (exact) mass is 235 g/mol. The maximum atomic E-state index is 10.9. The fourth-order valence-corrected chi connectivity index (χ4v) is 2.04. The molecule has 0 unspecified atom stereocenters. The summed E-state index contributed by atoms with van der Waals surface area (Å²) in [6.45, 7) is 0. The van der Waals surface area contributed by atoms with Crippen molar-refractivity contribution in [3.63, 3.8) is 0 Å². The van der Waals surface area contributed by atoms with Crippen LogP contribution in [-0.2, 0) is 15.8 Å². The van der Waals surface area contributed by atoms with Crippen molar-refractivity contribution in [2.45, 2.75) is 5.75 Å². The Morgan fingerprint density at radius 1 is 1.50 bits per heavy atom. The van der Waals surface area contributed by atoms with Gasteiger partial charge in [0.1, 0.15) is 5.75 Å². The topological polar surface area (TPSA) is 69.4 Å². The van der Waals surface area contributed by atoms with E-state index in [0.717, 1.165) is 0 Å². The summed E-state index contributed by atoms with van der Waals surface area (Å²) >= 11 is 5.80. The van der Waals surface area contributed by atoms with Crippen LogP contribution in [0.4, 0.5) is 0 Å². The number of primary sulfonamides is 1. The molecule has 14 heavy (non-hydrogen) atoms. The molecule has 0 bridgehead atoms. The third-order valence-electron chi connectivity index (χ3n) is 1.61. The maximum Gasteiger partial charge on any atom is 0.213 e. The molecular formula is C8H10ClNO3S. The first-order valence-electron chi connectivity index (χ1n) is 3.76. The molecule has 6 heteroatoms. The van der Waals surface area contributed by atoms with Gasteiger partial charge in [-0.3, -0.25) is 0 Å². The quantitative estimate of drug-likeness (QED) is 0.854. The Labute approximate surface area is 87.7 Å². The Balaban J connectivity index is 3.15. The van der Waals surface area contributed by atoms with Gasteiger partial charge in [-0.2, -0.15) is 0 Å². The Morgan fingerprint density at radius 3 is 2.64 bits per heavy atom. The van der Waals surface area contributed by atoms with Crippen LogP contribution in [0.1, 0.15) is 5.56 Å². The molecule has 0 aliphatic rings. The molecule has 0 radical (unpaired) electrons. The molecule has 78 valence electrons. The van der Waals surface area contributed by atoms with Crippen LogP contribution in [0.3, 0.4) is 0 Å². The highest BCUT2D eigenvalue weighted by Gasteiger charge is 2.12. The van der Waals surface area contributed by atoms with E-state index >= 15 is 0 Å². The van der Waals surface area contributed by atoms with Crippen LogP contribution in [0.15, 0.2) is 18.2 Å². The minimum Gasteiger partial charge on any atom is -0.495 e. The third-order valence-corrected chi connectivity index (χ3v) is 2.62. The second-order valence-corrected chi connectivity index (χ2v) is 4.76. The molecule has 0 aromatic heterocycles. The molecule has 0 saturated carbocycles. The standard InChI is InChI=1S/C8H10ClNO3S/c1-13-8-6(5-14(10,11)12)3-2-4-7(8)9/h2-4H,5H2,1H3,(H2,10,11,12). The molecular weight excluding hydrogens is 226 g/mol. The van der Waals surface area contributed by atoms with Crippen molar-refractivity contribution in [2.24, 2.45) is 5.14 Å². The molecule has 0 atom stereocenters. The smallest absolute Gasteiger partial charge is 0.213 e. The third kappa shape index (κ3) is 2.87. The van der Waals surface area contributed by atoms with Gasteiger partial charge in [-0.25, -0.2) is 13.6 Å². The van der Waals surface area contributed by atoms with Gasteiger partial charge < -0.3 is 4.74 Å². The fourth-order valence-electron chi connectivity index (χ4n) is 1.11. The minimum absolute atomic E-state index is 0.281. The largest absolute Gasteiger partial charge is 0.495 e. The van der Waals surface area contributed by atoms with E-state index in [2.05, 4.69) is 0 Å². The minimum atomic E-state index is -3.57. The van der Waals surface area contributed by atoms with Crippen LogP contribution < -0.4 is 9.88 Å². The Bertz CT molecular complexity index is 430. The lowest BCUT2D eigenvalue weighted by molar-refractivity contribution is 0.411. The summed E-state index contributed by atoms with van der Waals surface area (Å²) in [5.41, 5.74) is 0.461. The lowest BCUT2D eigenvalue weighted by atomic mass is 10.2. The van der Waals surface area contributed by atoms with Gasteiger partial charge in [0.05, 0.1) is 17.9 Å². The second-order valence-electron chi connectivity index (χ2n) is 2.74. The number of rotatable bonds is 3. The SMILES string of the molecule is COc1c(Cl)cccc1CS(N)(=O)=O. The average molecular weight is 236 g/mol. The molecule has 2 N–H and O–H groups in total. The molecule has 0 aliphatic heterocycles. The number of benzene rings is 1. The summed E-state index contributed by atoms with van der Waals surface area (Å²) in [6.07, 6.45) is 0. The number of hydrogen-bond acceptors (Lipinski definition) is 3. The Hall–Kier alpha value is -0.780. The highest BCUT2D eigenvalue weighted by Crippen LogP contribution is 2.28. The van der Waals surface area contributed by atoms with Gasteiger partial charge in [-0.05, 0) is 6.07 Å². The zero-order chi connectivity index (χ0) is 10.8. The van der Waals surface area contributed by atoms with Gasteiger partial charge in [-0.1, -0.05) is 23.7 Å². The zero-order valence-electron chi connectivity index (χ0n) is 7.53. The zero-order valence-corrected chi connectivity index (χ0v) is 9.10. The van der Waals surface area contributed by atoms with Crippen molar-refractivity contribution < 1.29 is 13.2 Å². The number of hydrogen-bond donors (Lipinski definition) is 1. The number of nitrogens with two attached hydrogens (primary N) is 1. The predicted molar refractivity (Wildman–Crippen MR) is 54.8 cm³/mol. The Morgan fingerprint density at radius 2 is 2.14 bits per heavy atom. The highest BCUT2D eigenvalue weighted by atomic mass is 35.5. The number of ether oxygens (including phenoxy) is 1. The summed E-state index contributed by atoms with van der Waals surface area (Å²) < 4.78 is 26.7. The highest BCUT2D eigenvalue weighted by molar-refractivity contribution is 7.88. The van der Waals surface area contributed by atoms with Crippen LogP contribution in [0.25, 0.3) is 0 Å². The lowest BCUT2D eigenvalue weighted by Gasteiger charge is -2.08. The van der Waals surface area contributed by atoms with E-state index in [-0.39, 0.29) is 5.75 Å². The first-order chi connectivity index (χ1) is 6.44. The summed E-state index contributed by atoms with van der Waals surface area (Å²) in [6, 6.07) is 4.87. The van der Waals surface area contributed by atoms with Gasteiger partial charge >= 0.3 is 0 Å². The second kappa shape index (κ2) is 4.16. The van der Waals surface area contributed by atoms with Crippen molar-refractivity contribution in [2.75, 3.05) is 7.11 Å². The first-order valence-corrected chi connectivity index (χ1v) is 5.85. The van der Waals surface area contributed by atoms with Crippen LogP contribution >= 0.6 is 11.6 Å². The Kier molecular flexibility index (Phi) is 3.36. The van der Waals surface area contributed by atoms with Crippen molar-refractivity contribution in [3.8, 4) is 5.75 Å². The summed E-state index contributed by atoms with van der Waals surface area (Å²) in [5, 5.41) is 5.28. The number of methoxy groups -OCH3 is 1. The van der Waals surface area contributed by atoms with Crippen molar-refractivity contribution in [3.05, 3.63) is 28.8 Å². The number of halogens is 1. The molecule has 0 amide bonds. The molecule has 1 aromatic rings. The normalized spacial score (nSPS) is 11.4. The first kappa shape index (κ1) is 11.3. The predicted octanol–water partition coefficient (Wildman–Crippen LogP) is 1.14. The van der Waals surface area contributed by atoms with Gasteiger partial charge in [-0.15, -0.1) is 0 Å². The van der Waals surface area contributed by atoms with E-state index in [0.29, 0.717) is 16.3 Å². The lowest BCUT2D eigenvalue weighted by Crippen LogP contribution is -2.15. The van der Waals surface area contributed by atoms with Crippen LogP contribution in [-0.4, -0.2) is 15.5 Å². The fraction of sp³-hybridized carbons (Fsp3) is 0.250. The average Bonchev–Trinajstić information content (AvgIpc) is 2.01. The van der Waals surface area contributed by atoms with Gasteiger partial charge in [0.2, 0.25) is 10.0 Å². The number of para-hydroxylation sites is 1. The molecule has 0 saturated heterocycles. The van der Waals surface area contributed by atoms with E-state index < -0.39 is 10.0 Å². The van der Waals surface area contributed by atoms with E-state index in [4.69, 9.17) is 21.5 Å². The van der Waals surface area contributed by atoms with Crippen LogP contribution in [0.2, 0.25) is 5.02 Å². The van der Waals surface area contributed by atoms with E-state index in [1.807, 2.05) is 0 Å². The maximum absolute atomic E-state index is 10.9. The van der Waals surface area contributed by atoms with E-state index in [1.54, 1.807) is 18.2 Å². The summed E-state index contributed by atoms with van der Waals surface area (Å²) in [5.74, 6) is 0.0692. The summed E-state index contributed by atoms with van der Waals surface area (Å²) in [7, 11) is -2.14. The van der Waals surface area contributed by atoms with E-state index in [1.165, 1.54) is 7.11 Å². The van der Waals surface area contributed by atoms with E-state index in [9.17, 15) is 8.42 Å².